The van der Waals surface area contributed by atoms with Crippen molar-refractivity contribution in [3.63, 3.8) is 0 Å². The van der Waals surface area contributed by atoms with Crippen molar-refractivity contribution in [1.29, 1.82) is 5.26 Å². The zero-order valence-electron chi connectivity index (χ0n) is 10.3. The van der Waals surface area contributed by atoms with Gasteiger partial charge in [-0.2, -0.15) is 5.26 Å². The van der Waals surface area contributed by atoms with Crippen molar-refractivity contribution >= 4 is 22.6 Å². The molecule has 1 heterocycles. The van der Waals surface area contributed by atoms with Gasteiger partial charge in [0.15, 0.2) is 0 Å². The number of hydrogen-bond donors (Lipinski definition) is 1. The highest BCUT2D eigenvalue weighted by molar-refractivity contribution is 14.1. The summed E-state index contributed by atoms with van der Waals surface area (Å²) >= 11 is 2.23. The van der Waals surface area contributed by atoms with E-state index in [9.17, 15) is 10.4 Å². The Bertz CT molecular complexity index is 456. The molecule has 0 amide bonds. The van der Waals surface area contributed by atoms with Crippen LogP contribution in [0.25, 0.3) is 0 Å². The minimum atomic E-state index is -1.14. The van der Waals surface area contributed by atoms with Crippen LogP contribution in [0.3, 0.4) is 0 Å². The quantitative estimate of drug-likeness (QED) is 0.829. The third-order valence-electron chi connectivity index (χ3n) is 3.90. The Morgan fingerprint density at radius 3 is 2.39 bits per heavy atom. The van der Waals surface area contributed by atoms with Crippen LogP contribution in [0, 0.1) is 20.3 Å². The Morgan fingerprint density at radius 2 is 1.89 bits per heavy atom. The van der Waals surface area contributed by atoms with Crippen LogP contribution in [0.4, 0.5) is 0 Å². The number of halogens is 1. The predicted molar refractivity (Wildman–Crippen MR) is 76.8 cm³/mol. The smallest absolute Gasteiger partial charge is 0.106 e. The van der Waals surface area contributed by atoms with Gasteiger partial charge in [-0.05, 0) is 60.1 Å². The lowest BCUT2D eigenvalue weighted by molar-refractivity contribution is -0.0974. The average molecular weight is 357 g/mol. The number of benzene rings is 1. The SMILES string of the molecule is CC(O)(c1ccc(I)cc1)C1(C#N)CCOCC1. The van der Waals surface area contributed by atoms with Crippen molar-refractivity contribution < 1.29 is 9.84 Å². The minimum absolute atomic E-state index is 0.536. The van der Waals surface area contributed by atoms with Crippen LogP contribution in [0.1, 0.15) is 25.3 Å². The second kappa shape index (κ2) is 5.16. The zero-order chi connectivity index (χ0) is 13.2. The zero-order valence-corrected chi connectivity index (χ0v) is 12.5. The highest BCUT2D eigenvalue weighted by Gasteiger charge is 2.49. The van der Waals surface area contributed by atoms with Crippen LogP contribution in [0.5, 0.6) is 0 Å². The van der Waals surface area contributed by atoms with Crippen molar-refractivity contribution in [2.24, 2.45) is 5.41 Å². The van der Waals surface area contributed by atoms with Gasteiger partial charge in [0.25, 0.3) is 0 Å². The van der Waals surface area contributed by atoms with Crippen LogP contribution in [0.15, 0.2) is 24.3 Å². The van der Waals surface area contributed by atoms with E-state index in [1.165, 1.54) is 0 Å². The van der Waals surface area contributed by atoms with Gasteiger partial charge in [-0.1, -0.05) is 12.1 Å². The summed E-state index contributed by atoms with van der Waals surface area (Å²) in [4.78, 5) is 0. The standard InChI is InChI=1S/C14H16INO2/c1-13(17,11-2-4-12(15)5-3-11)14(10-16)6-8-18-9-7-14/h2-5,17H,6-9H2,1H3. The van der Waals surface area contributed by atoms with Crippen LogP contribution >= 0.6 is 22.6 Å². The minimum Gasteiger partial charge on any atom is -0.384 e. The molecule has 0 aromatic heterocycles. The molecule has 0 radical (unpaired) electrons. The van der Waals surface area contributed by atoms with E-state index in [0.29, 0.717) is 26.1 Å². The van der Waals surface area contributed by atoms with E-state index >= 15 is 0 Å². The number of nitrogens with zero attached hydrogens (tertiary/aromatic N) is 1. The molecule has 1 aromatic rings. The molecule has 0 bridgehead atoms. The lowest BCUT2D eigenvalue weighted by Crippen LogP contribution is -2.46. The molecule has 1 saturated heterocycles. The summed E-state index contributed by atoms with van der Waals surface area (Å²) in [6.07, 6.45) is 1.14. The molecule has 1 fully saturated rings. The highest BCUT2D eigenvalue weighted by Crippen LogP contribution is 2.46. The third-order valence-corrected chi connectivity index (χ3v) is 4.62. The summed E-state index contributed by atoms with van der Waals surface area (Å²) in [6, 6.07) is 10.0. The Hall–Kier alpha value is -0.640. The van der Waals surface area contributed by atoms with Crippen LogP contribution in [-0.2, 0) is 10.3 Å². The van der Waals surface area contributed by atoms with E-state index in [0.717, 1.165) is 9.13 Å². The molecule has 1 aliphatic rings. The van der Waals surface area contributed by atoms with Gasteiger partial charge in [-0.15, -0.1) is 0 Å². The number of nitriles is 1. The van der Waals surface area contributed by atoms with Gasteiger partial charge in [0.2, 0.25) is 0 Å². The number of hydrogen-bond acceptors (Lipinski definition) is 3. The molecule has 18 heavy (non-hydrogen) atoms. The van der Waals surface area contributed by atoms with Gasteiger partial charge in [-0.3, -0.25) is 0 Å². The van der Waals surface area contributed by atoms with Gasteiger partial charge in [-0.25, -0.2) is 0 Å². The molecule has 4 heteroatoms. The first-order valence-electron chi connectivity index (χ1n) is 5.99. The molecule has 96 valence electrons. The van der Waals surface area contributed by atoms with E-state index in [-0.39, 0.29) is 0 Å². The maximum atomic E-state index is 10.9. The molecule has 0 saturated carbocycles. The van der Waals surface area contributed by atoms with Crippen LogP contribution < -0.4 is 0 Å². The molecule has 1 aromatic carbocycles. The van der Waals surface area contributed by atoms with Crippen molar-refractivity contribution in [1.82, 2.24) is 0 Å². The first kappa shape index (κ1) is 13.8. The molecule has 1 unspecified atom stereocenters. The van der Waals surface area contributed by atoms with Crippen LogP contribution in [-0.4, -0.2) is 18.3 Å². The fourth-order valence-corrected chi connectivity index (χ4v) is 2.84. The maximum Gasteiger partial charge on any atom is 0.106 e. The lowest BCUT2D eigenvalue weighted by atomic mass is 9.66. The molecule has 1 N–H and O–H groups in total. The predicted octanol–water partition coefficient (Wildman–Crippen LogP) is 2.82. The first-order valence-corrected chi connectivity index (χ1v) is 7.07. The average Bonchev–Trinajstić information content (AvgIpc) is 2.40. The van der Waals surface area contributed by atoms with Gasteiger partial charge >= 0.3 is 0 Å². The summed E-state index contributed by atoms with van der Waals surface area (Å²) in [6.45, 7) is 2.81. The molecule has 1 aliphatic heterocycles. The lowest BCUT2D eigenvalue weighted by Gasteiger charge is -2.42. The molecular formula is C14H16INO2. The van der Waals surface area contributed by atoms with E-state index in [4.69, 9.17) is 4.74 Å². The Labute approximate surface area is 121 Å². The molecule has 0 spiro atoms. The topological polar surface area (TPSA) is 53.2 Å². The fraction of sp³-hybridized carbons (Fsp3) is 0.500. The van der Waals surface area contributed by atoms with Gasteiger partial charge in [0, 0.05) is 16.8 Å². The summed E-state index contributed by atoms with van der Waals surface area (Å²) in [5, 5.41) is 20.4. The third kappa shape index (κ3) is 2.27. The summed E-state index contributed by atoms with van der Waals surface area (Å²) in [5.74, 6) is 0. The Balaban J connectivity index is 2.39. The number of aliphatic hydroxyl groups is 1. The van der Waals surface area contributed by atoms with E-state index in [1.54, 1.807) is 6.92 Å². The molecule has 2 rings (SSSR count). The Morgan fingerprint density at radius 1 is 1.33 bits per heavy atom. The summed E-state index contributed by atoms with van der Waals surface area (Å²) < 4.78 is 6.43. The molecule has 3 nitrogen and oxygen atoms in total. The molecule has 1 atom stereocenters. The summed E-state index contributed by atoms with van der Waals surface area (Å²) in [5.41, 5.74) is -1.10. The van der Waals surface area contributed by atoms with Crippen molar-refractivity contribution in [2.45, 2.75) is 25.4 Å². The fourth-order valence-electron chi connectivity index (χ4n) is 2.48. The van der Waals surface area contributed by atoms with E-state index in [1.807, 2.05) is 24.3 Å². The van der Waals surface area contributed by atoms with Crippen molar-refractivity contribution in [2.75, 3.05) is 13.2 Å². The van der Waals surface area contributed by atoms with Gasteiger partial charge in [0.1, 0.15) is 5.60 Å². The number of ether oxygens (including phenoxy) is 1. The van der Waals surface area contributed by atoms with Crippen molar-refractivity contribution in [3.8, 4) is 6.07 Å². The largest absolute Gasteiger partial charge is 0.384 e. The second-order valence-electron chi connectivity index (χ2n) is 4.89. The van der Waals surface area contributed by atoms with Crippen LogP contribution in [0.2, 0.25) is 0 Å². The number of rotatable bonds is 2. The maximum absolute atomic E-state index is 10.9. The molecule has 0 aliphatic carbocycles. The van der Waals surface area contributed by atoms with Crippen molar-refractivity contribution in [3.05, 3.63) is 33.4 Å². The highest BCUT2D eigenvalue weighted by atomic mass is 127. The molecular weight excluding hydrogens is 341 g/mol. The first-order chi connectivity index (χ1) is 8.52. The summed E-state index contributed by atoms with van der Waals surface area (Å²) in [7, 11) is 0. The monoisotopic (exact) mass is 357 g/mol. The van der Waals surface area contributed by atoms with Gasteiger partial charge in [0.05, 0.1) is 11.5 Å². The van der Waals surface area contributed by atoms with Gasteiger partial charge < -0.3 is 9.84 Å². The van der Waals surface area contributed by atoms with E-state index in [2.05, 4.69) is 28.7 Å². The second-order valence-corrected chi connectivity index (χ2v) is 6.13. The van der Waals surface area contributed by atoms with E-state index < -0.39 is 11.0 Å². The normalized spacial score (nSPS) is 21.9. The Kier molecular flexibility index (Phi) is 3.95.